The van der Waals surface area contributed by atoms with Gasteiger partial charge in [-0.05, 0) is 131 Å². The van der Waals surface area contributed by atoms with E-state index in [1.54, 1.807) is 6.92 Å². The Bertz CT molecular complexity index is 2470. The molecule has 1 saturated heterocycles. The molecule has 2 rings (SSSR count). The van der Waals surface area contributed by atoms with Gasteiger partial charge in [-0.2, -0.15) is 0 Å². The second-order valence-corrected chi connectivity index (χ2v) is 16.3. The zero-order valence-electron chi connectivity index (χ0n) is 40.4. The molecule has 6 heteroatoms. The molecule has 0 bridgehead atoms. The fourth-order valence-electron chi connectivity index (χ4n) is 7.20. The number of aliphatic hydroxyl groups is 1. The van der Waals surface area contributed by atoms with Gasteiger partial charge in [0.25, 0.3) is 5.91 Å². The van der Waals surface area contributed by atoms with Crippen molar-refractivity contribution in [2.45, 2.75) is 156 Å². The van der Waals surface area contributed by atoms with E-state index < -0.39 is 18.2 Å². The van der Waals surface area contributed by atoms with Gasteiger partial charge in [0, 0.05) is 47.4 Å². The van der Waals surface area contributed by atoms with Crippen molar-refractivity contribution in [1.29, 1.82) is 0 Å². The minimum absolute atomic E-state index is 0.0701. The zero-order valence-corrected chi connectivity index (χ0v) is 40.4. The van der Waals surface area contributed by atoms with E-state index in [2.05, 4.69) is 182 Å². The van der Waals surface area contributed by atoms with Crippen LogP contribution in [-0.4, -0.2) is 48.8 Å². The predicted molar refractivity (Wildman–Crippen MR) is 270 cm³/mol. The van der Waals surface area contributed by atoms with E-state index in [1.807, 2.05) is 30.3 Å². The van der Waals surface area contributed by atoms with Gasteiger partial charge in [-0.15, -0.1) is 0 Å². The number of hydrogen-bond donors (Lipinski definition) is 2. The van der Waals surface area contributed by atoms with Gasteiger partial charge in [-0.25, -0.2) is 0 Å². The minimum Gasteiger partial charge on any atom is -0.394 e. The summed E-state index contributed by atoms with van der Waals surface area (Å²) in [6.07, 6.45) is 15.0. The van der Waals surface area contributed by atoms with Crippen LogP contribution in [0.25, 0.3) is 0 Å². The monoisotopic (exact) mass is 891 g/mol. The Kier molecular flexibility index (Phi) is 32.4. The molecule has 0 saturated carbocycles. The summed E-state index contributed by atoms with van der Waals surface area (Å²) < 4.78 is 19.4. The molecule has 0 radical (unpaired) electrons. The van der Waals surface area contributed by atoms with Gasteiger partial charge < -0.3 is 24.6 Å². The normalized spacial score (nSPS) is 17.1. The minimum atomic E-state index is -0.558. The number of carbonyl (C=O) groups excluding carboxylic acids is 1. The second-order valence-electron chi connectivity index (χ2n) is 16.3. The molecular formula is C61H65NO5. The highest BCUT2D eigenvalue weighted by Crippen LogP contribution is 2.35. The first-order valence-corrected chi connectivity index (χ1v) is 23.6. The van der Waals surface area contributed by atoms with Crippen molar-refractivity contribution < 1.29 is 24.1 Å². The van der Waals surface area contributed by atoms with Crippen LogP contribution in [0.4, 0.5) is 0 Å². The number of aliphatic hydroxyl groups excluding tert-OH is 1. The lowest BCUT2D eigenvalue weighted by Crippen LogP contribution is -2.52. The first-order chi connectivity index (χ1) is 32.8. The maximum atomic E-state index is 13.4. The summed E-state index contributed by atoms with van der Waals surface area (Å²) in [5, 5.41) is 13.2. The van der Waals surface area contributed by atoms with Gasteiger partial charge >= 0.3 is 0 Å². The van der Waals surface area contributed by atoms with Gasteiger partial charge in [0.05, 0.1) is 38.1 Å². The van der Waals surface area contributed by atoms with E-state index in [9.17, 15) is 9.90 Å². The molecule has 1 heterocycles. The number of unbranched alkanes of at least 4 members (excludes halogenated alkanes) is 11. The van der Waals surface area contributed by atoms with Gasteiger partial charge in [0.1, 0.15) is 0 Å². The fourth-order valence-corrected chi connectivity index (χ4v) is 7.20. The molecule has 2 unspecified atom stereocenters. The Balaban J connectivity index is 2.11. The van der Waals surface area contributed by atoms with Crippen molar-refractivity contribution in [3.05, 3.63) is 35.9 Å². The topological polar surface area (TPSA) is 77.0 Å². The van der Waals surface area contributed by atoms with E-state index in [-0.39, 0.29) is 49.1 Å². The third-order valence-corrected chi connectivity index (χ3v) is 11.3. The first-order valence-electron chi connectivity index (χ1n) is 23.6. The standard InChI is InChI=1S/C61H65NO5/c1-7-9-11-13-15-17-19-21-22-23-24-25-26-27-28-29-30-31-33-35-37-39-44-48-59(64)62-57(51-66-61-55(6)53(4)54(5)58(49-63)67-61)60(65-50-56-46-42-40-43-47-56)52(3)45-41-38-36-34-32-20-18-16-14-12-10-8-2/h40,42-43,46-47,52-55,57-58,60-61,63H,8,10,12,14,16,18,20,32,34,36,38,41,45,49-51H2,1-6H3,(H,62,64)/t52-,53+,54-,55?,57+,58?,60-,61+/m1/s1. The molecule has 0 aromatic heterocycles. The van der Waals surface area contributed by atoms with Gasteiger partial charge in [-0.3, -0.25) is 4.79 Å². The molecule has 0 aliphatic carbocycles. The quantitative estimate of drug-likeness (QED) is 0.0853. The number of hydrogen-bond acceptors (Lipinski definition) is 5. The van der Waals surface area contributed by atoms with Gasteiger partial charge in [-0.1, -0.05) is 148 Å². The molecule has 1 aliphatic heterocycles. The van der Waals surface area contributed by atoms with Crippen LogP contribution in [0.1, 0.15) is 131 Å². The maximum absolute atomic E-state index is 13.4. The number of rotatable bonds is 23. The molecule has 8 atom stereocenters. The van der Waals surface area contributed by atoms with Crippen LogP contribution in [0.15, 0.2) is 30.3 Å². The van der Waals surface area contributed by atoms with Crippen LogP contribution in [0, 0.1) is 166 Å². The summed E-state index contributed by atoms with van der Waals surface area (Å²) in [6.45, 7) is 12.9. The maximum Gasteiger partial charge on any atom is 0.297 e. The Morgan fingerprint density at radius 3 is 1.54 bits per heavy atom. The predicted octanol–water partition coefficient (Wildman–Crippen LogP) is 8.49. The molecule has 1 aromatic rings. The van der Waals surface area contributed by atoms with Crippen LogP contribution in [0.2, 0.25) is 0 Å². The van der Waals surface area contributed by atoms with E-state index in [0.29, 0.717) is 6.61 Å². The van der Waals surface area contributed by atoms with Crippen LogP contribution >= 0.6 is 0 Å². The third kappa shape index (κ3) is 27.4. The van der Waals surface area contributed by atoms with E-state index in [4.69, 9.17) is 14.2 Å². The highest BCUT2D eigenvalue weighted by atomic mass is 16.7. The van der Waals surface area contributed by atoms with Crippen molar-refractivity contribution in [3.63, 3.8) is 0 Å². The molecule has 1 amide bonds. The second kappa shape index (κ2) is 38.5. The lowest BCUT2D eigenvalue weighted by molar-refractivity contribution is -0.258. The lowest BCUT2D eigenvalue weighted by Gasteiger charge is -2.43. The molecule has 6 nitrogen and oxygen atoms in total. The Morgan fingerprint density at radius 1 is 0.627 bits per heavy atom. The van der Waals surface area contributed by atoms with E-state index >= 15 is 0 Å². The first kappa shape index (κ1) is 56.4. The summed E-state index contributed by atoms with van der Waals surface area (Å²) >= 11 is 0. The summed E-state index contributed by atoms with van der Waals surface area (Å²) in [5.41, 5.74) is 1.04. The molecular weight excluding hydrogens is 827 g/mol. The average molecular weight is 892 g/mol. The fraction of sp³-hybridized carbons (Fsp3) is 0.492. The summed E-state index contributed by atoms with van der Waals surface area (Å²) in [5.74, 6) is 61.5. The number of benzene rings is 1. The molecule has 67 heavy (non-hydrogen) atoms. The molecule has 344 valence electrons. The van der Waals surface area contributed by atoms with E-state index in [1.165, 1.54) is 64.2 Å². The largest absolute Gasteiger partial charge is 0.394 e. The molecule has 0 spiro atoms. The van der Waals surface area contributed by atoms with Crippen molar-refractivity contribution >= 4 is 5.91 Å². The number of amides is 1. The van der Waals surface area contributed by atoms with Crippen molar-refractivity contribution in [2.24, 2.45) is 23.7 Å². The van der Waals surface area contributed by atoms with Gasteiger partial charge in [0.2, 0.25) is 0 Å². The third-order valence-electron chi connectivity index (χ3n) is 11.3. The number of nitrogens with one attached hydrogen (secondary N) is 1. The Hall–Kier alpha value is -6.75. The smallest absolute Gasteiger partial charge is 0.297 e. The lowest BCUT2D eigenvalue weighted by atomic mass is 9.79. The average Bonchev–Trinajstić information content (AvgIpc) is 3.33. The van der Waals surface area contributed by atoms with Crippen LogP contribution in [-0.2, 0) is 25.6 Å². The van der Waals surface area contributed by atoms with Crippen LogP contribution in [0.5, 0.6) is 0 Å². The summed E-state index contributed by atoms with van der Waals surface area (Å²) in [6, 6.07) is 9.47. The molecule has 1 aliphatic rings. The van der Waals surface area contributed by atoms with E-state index in [0.717, 1.165) is 24.8 Å². The van der Waals surface area contributed by atoms with Crippen LogP contribution in [0.3, 0.4) is 0 Å². The van der Waals surface area contributed by atoms with Crippen LogP contribution < -0.4 is 5.32 Å². The Morgan fingerprint density at radius 2 is 1.07 bits per heavy atom. The number of ether oxygens (including phenoxy) is 3. The number of carbonyl (C=O) groups is 1. The zero-order chi connectivity index (χ0) is 48.4. The van der Waals surface area contributed by atoms with Gasteiger partial charge in [0.15, 0.2) is 6.29 Å². The summed E-state index contributed by atoms with van der Waals surface area (Å²) in [7, 11) is 0. The SMILES string of the molecule is CC#CC#CC#CC#CC#CC#CC#CC#CC#CC#CC#CC#CC(=O)N[C@@H](CO[C@H]1OC(CO)[C@H](C)[C@H](C)C1C)[C@H](OCc1ccccc1)[C@H](C)CCCCCCCCCCCCCC. The molecule has 2 N–H and O–H groups in total. The van der Waals surface area contributed by atoms with Crippen molar-refractivity contribution in [3.8, 4) is 142 Å². The Labute approximate surface area is 404 Å². The molecule has 1 aromatic carbocycles. The van der Waals surface area contributed by atoms with Crippen molar-refractivity contribution in [1.82, 2.24) is 5.32 Å². The molecule has 1 fully saturated rings. The summed E-state index contributed by atoms with van der Waals surface area (Å²) in [4.78, 5) is 13.4. The highest BCUT2D eigenvalue weighted by molar-refractivity contribution is 5.94. The highest BCUT2D eigenvalue weighted by Gasteiger charge is 2.40. The van der Waals surface area contributed by atoms with Crippen molar-refractivity contribution in [2.75, 3.05) is 13.2 Å².